The number of nitriles is 1. The van der Waals surface area contributed by atoms with Crippen molar-refractivity contribution < 1.29 is 17.9 Å². The van der Waals surface area contributed by atoms with Gasteiger partial charge in [-0.15, -0.1) is 0 Å². The van der Waals surface area contributed by atoms with E-state index >= 15 is 0 Å². The normalized spacial score (nSPS) is 12.7. The van der Waals surface area contributed by atoms with Gasteiger partial charge in [0.15, 0.2) is 0 Å². The van der Waals surface area contributed by atoms with Crippen LogP contribution in [0.3, 0.4) is 0 Å². The SMILES string of the molecule is CCN(C[C@@H](C)C(=O)OC)S(=O)(=O)c1ccc(C#N)cc1. The molecule has 0 fully saturated rings. The lowest BCUT2D eigenvalue weighted by Crippen LogP contribution is -2.37. The molecule has 0 aliphatic rings. The Balaban J connectivity index is 3.02. The summed E-state index contributed by atoms with van der Waals surface area (Å²) in [6, 6.07) is 7.61. The summed E-state index contributed by atoms with van der Waals surface area (Å²) in [7, 11) is -2.43. The van der Waals surface area contributed by atoms with Gasteiger partial charge in [0.25, 0.3) is 0 Å². The minimum absolute atomic E-state index is 0.0471. The molecule has 0 aromatic heterocycles. The number of methoxy groups -OCH3 is 1. The number of rotatable bonds is 6. The van der Waals surface area contributed by atoms with Crippen LogP contribution in [-0.2, 0) is 19.6 Å². The number of hydrogen-bond acceptors (Lipinski definition) is 5. The van der Waals surface area contributed by atoms with E-state index in [0.717, 1.165) is 0 Å². The first-order valence-electron chi connectivity index (χ1n) is 6.45. The minimum Gasteiger partial charge on any atom is -0.469 e. The third-order valence-corrected chi connectivity index (χ3v) is 5.01. The Hall–Kier alpha value is -1.91. The van der Waals surface area contributed by atoms with Crippen LogP contribution < -0.4 is 0 Å². The van der Waals surface area contributed by atoms with Crippen molar-refractivity contribution in [3.8, 4) is 6.07 Å². The number of carbonyl (C=O) groups is 1. The van der Waals surface area contributed by atoms with Gasteiger partial charge in [0.2, 0.25) is 10.0 Å². The van der Waals surface area contributed by atoms with Crippen molar-refractivity contribution in [1.82, 2.24) is 4.31 Å². The third kappa shape index (κ3) is 4.03. The van der Waals surface area contributed by atoms with Gasteiger partial charge < -0.3 is 4.74 Å². The van der Waals surface area contributed by atoms with Gasteiger partial charge in [-0.3, -0.25) is 4.79 Å². The number of ether oxygens (including phenoxy) is 1. The van der Waals surface area contributed by atoms with Gasteiger partial charge in [0.1, 0.15) is 0 Å². The summed E-state index contributed by atoms with van der Waals surface area (Å²) in [6.07, 6.45) is 0. The highest BCUT2D eigenvalue weighted by molar-refractivity contribution is 7.89. The maximum atomic E-state index is 12.5. The van der Waals surface area contributed by atoms with E-state index in [4.69, 9.17) is 5.26 Å². The summed E-state index contributed by atoms with van der Waals surface area (Å²) >= 11 is 0. The molecule has 0 radical (unpaired) electrons. The van der Waals surface area contributed by atoms with Crippen molar-refractivity contribution in [2.24, 2.45) is 5.92 Å². The maximum Gasteiger partial charge on any atom is 0.309 e. The van der Waals surface area contributed by atoms with Gasteiger partial charge in [-0.2, -0.15) is 9.57 Å². The highest BCUT2D eigenvalue weighted by Gasteiger charge is 2.27. The Morgan fingerprint density at radius 3 is 2.38 bits per heavy atom. The number of hydrogen-bond donors (Lipinski definition) is 0. The molecule has 0 unspecified atom stereocenters. The smallest absolute Gasteiger partial charge is 0.309 e. The predicted molar refractivity (Wildman–Crippen MR) is 76.8 cm³/mol. The molecular formula is C14H18N2O4S. The summed E-state index contributed by atoms with van der Waals surface area (Å²) in [5, 5.41) is 8.73. The molecule has 1 rings (SSSR count). The molecule has 0 N–H and O–H groups in total. The van der Waals surface area contributed by atoms with Crippen molar-refractivity contribution in [3.63, 3.8) is 0 Å². The van der Waals surface area contributed by atoms with E-state index in [1.807, 2.05) is 6.07 Å². The molecule has 6 nitrogen and oxygen atoms in total. The summed E-state index contributed by atoms with van der Waals surface area (Å²) in [5.74, 6) is -1.01. The molecule has 1 aromatic rings. The van der Waals surface area contributed by atoms with Crippen molar-refractivity contribution in [1.29, 1.82) is 5.26 Å². The fourth-order valence-electron chi connectivity index (χ4n) is 1.83. The van der Waals surface area contributed by atoms with Crippen LogP contribution in [0.1, 0.15) is 19.4 Å². The number of sulfonamides is 1. The van der Waals surface area contributed by atoms with Gasteiger partial charge in [-0.25, -0.2) is 8.42 Å². The van der Waals surface area contributed by atoms with Gasteiger partial charge in [0, 0.05) is 13.1 Å². The lowest BCUT2D eigenvalue weighted by Gasteiger charge is -2.23. The number of carbonyl (C=O) groups excluding carboxylic acids is 1. The Labute approximate surface area is 125 Å². The monoisotopic (exact) mass is 310 g/mol. The second kappa shape index (κ2) is 7.20. The lowest BCUT2D eigenvalue weighted by atomic mass is 10.2. The molecule has 1 aromatic carbocycles. The molecule has 21 heavy (non-hydrogen) atoms. The first kappa shape index (κ1) is 17.1. The van der Waals surface area contributed by atoms with Crippen molar-refractivity contribution in [3.05, 3.63) is 29.8 Å². The molecule has 7 heteroatoms. The number of benzene rings is 1. The van der Waals surface area contributed by atoms with E-state index in [1.54, 1.807) is 13.8 Å². The van der Waals surface area contributed by atoms with E-state index in [-0.39, 0.29) is 18.0 Å². The minimum atomic E-state index is -3.70. The van der Waals surface area contributed by atoms with Crippen LogP contribution in [0.2, 0.25) is 0 Å². The van der Waals surface area contributed by atoms with Crippen LogP contribution in [0.15, 0.2) is 29.2 Å². The molecular weight excluding hydrogens is 292 g/mol. The van der Waals surface area contributed by atoms with E-state index in [0.29, 0.717) is 5.56 Å². The third-order valence-electron chi connectivity index (χ3n) is 3.05. The molecule has 0 bridgehead atoms. The van der Waals surface area contributed by atoms with Gasteiger partial charge >= 0.3 is 5.97 Å². The van der Waals surface area contributed by atoms with Crippen LogP contribution in [0.4, 0.5) is 0 Å². The maximum absolute atomic E-state index is 12.5. The molecule has 114 valence electrons. The predicted octanol–water partition coefficient (Wildman–Crippen LogP) is 1.38. The summed E-state index contributed by atoms with van der Waals surface area (Å²) in [4.78, 5) is 11.5. The standard InChI is InChI=1S/C14H18N2O4S/c1-4-16(10-11(2)14(17)20-3)21(18,19)13-7-5-12(9-15)6-8-13/h5-8,11H,4,10H2,1-3H3/t11-/m1/s1. The van der Waals surface area contributed by atoms with E-state index in [2.05, 4.69) is 4.74 Å². The Bertz CT molecular complexity index is 632. The van der Waals surface area contributed by atoms with E-state index < -0.39 is 21.9 Å². The zero-order valence-electron chi connectivity index (χ0n) is 12.2. The Morgan fingerprint density at radius 2 is 1.95 bits per heavy atom. The second-order valence-corrected chi connectivity index (χ2v) is 6.45. The summed E-state index contributed by atoms with van der Waals surface area (Å²) in [5.41, 5.74) is 0.389. The van der Waals surface area contributed by atoms with Crippen molar-refractivity contribution in [2.75, 3.05) is 20.2 Å². The highest BCUT2D eigenvalue weighted by atomic mass is 32.2. The van der Waals surface area contributed by atoms with Crippen LogP contribution in [0.25, 0.3) is 0 Å². The number of nitrogens with zero attached hydrogens (tertiary/aromatic N) is 2. The largest absolute Gasteiger partial charge is 0.469 e. The summed E-state index contributed by atoms with van der Waals surface area (Å²) < 4.78 is 30.8. The topological polar surface area (TPSA) is 87.5 Å². The highest BCUT2D eigenvalue weighted by Crippen LogP contribution is 2.18. The Morgan fingerprint density at radius 1 is 1.38 bits per heavy atom. The fourth-order valence-corrected chi connectivity index (χ4v) is 3.37. The molecule has 0 saturated carbocycles. The number of esters is 1. The average molecular weight is 310 g/mol. The van der Waals surface area contributed by atoms with Crippen molar-refractivity contribution in [2.45, 2.75) is 18.7 Å². The first-order valence-corrected chi connectivity index (χ1v) is 7.89. The molecule has 0 heterocycles. The van der Waals surface area contributed by atoms with Crippen LogP contribution in [0.5, 0.6) is 0 Å². The molecule has 0 aliphatic heterocycles. The van der Waals surface area contributed by atoms with E-state index in [1.165, 1.54) is 35.7 Å². The van der Waals surface area contributed by atoms with Gasteiger partial charge in [0.05, 0.1) is 29.6 Å². The quantitative estimate of drug-likeness (QED) is 0.741. The zero-order chi connectivity index (χ0) is 16.0. The van der Waals surface area contributed by atoms with Crippen LogP contribution in [-0.4, -0.2) is 38.9 Å². The summed E-state index contributed by atoms with van der Waals surface area (Å²) in [6.45, 7) is 3.60. The second-order valence-electron chi connectivity index (χ2n) is 4.52. The van der Waals surface area contributed by atoms with Crippen molar-refractivity contribution >= 4 is 16.0 Å². The van der Waals surface area contributed by atoms with Crippen LogP contribution in [0, 0.1) is 17.2 Å². The van der Waals surface area contributed by atoms with E-state index in [9.17, 15) is 13.2 Å². The molecule has 0 aliphatic carbocycles. The fraction of sp³-hybridized carbons (Fsp3) is 0.429. The first-order chi connectivity index (χ1) is 9.86. The molecule has 0 spiro atoms. The molecule has 0 amide bonds. The molecule has 1 atom stereocenters. The van der Waals surface area contributed by atoms with Gasteiger partial charge in [-0.1, -0.05) is 13.8 Å². The van der Waals surface area contributed by atoms with Crippen LogP contribution >= 0.6 is 0 Å². The Kier molecular flexibility index (Phi) is 5.88. The zero-order valence-corrected chi connectivity index (χ0v) is 13.1. The lowest BCUT2D eigenvalue weighted by molar-refractivity contribution is -0.145. The molecule has 0 saturated heterocycles. The average Bonchev–Trinajstić information content (AvgIpc) is 2.51. The van der Waals surface area contributed by atoms with Gasteiger partial charge in [-0.05, 0) is 24.3 Å².